The Kier molecular flexibility index (Phi) is 4.20. The maximum atomic E-state index is 12.1. The molecule has 0 unspecified atom stereocenters. The van der Waals surface area contributed by atoms with Crippen LogP contribution in [0.1, 0.15) is 26.3 Å². The molecular formula is C15H12BrNO3. The van der Waals surface area contributed by atoms with Crippen molar-refractivity contribution in [3.05, 3.63) is 63.6 Å². The van der Waals surface area contributed by atoms with E-state index < -0.39 is 11.9 Å². The molecule has 0 saturated heterocycles. The zero-order valence-corrected chi connectivity index (χ0v) is 12.3. The van der Waals surface area contributed by atoms with Crippen LogP contribution in [0.25, 0.3) is 0 Å². The van der Waals surface area contributed by atoms with Crippen LogP contribution in [0.15, 0.2) is 46.9 Å². The molecule has 0 bridgehead atoms. The molecule has 2 rings (SSSR count). The number of esters is 1. The molecule has 0 aliphatic carbocycles. The van der Waals surface area contributed by atoms with Gasteiger partial charge in [-0.1, -0.05) is 22.0 Å². The standard InChI is InChI=1S/C15H12BrNO3/c1-9-7-11(16)5-6-13(9)15(19)20-12-4-2-3-10(8-12)14(17)18/h2-8H,1H3,(H2,17,18). The summed E-state index contributed by atoms with van der Waals surface area (Å²) in [6.45, 7) is 1.82. The van der Waals surface area contributed by atoms with Crippen LogP contribution in [-0.2, 0) is 0 Å². The topological polar surface area (TPSA) is 69.4 Å². The highest BCUT2D eigenvalue weighted by Crippen LogP contribution is 2.19. The first-order chi connectivity index (χ1) is 9.47. The van der Waals surface area contributed by atoms with Gasteiger partial charge in [0.25, 0.3) is 0 Å². The van der Waals surface area contributed by atoms with Gasteiger partial charge in [0.05, 0.1) is 5.56 Å². The summed E-state index contributed by atoms with van der Waals surface area (Å²) in [4.78, 5) is 23.2. The Hall–Kier alpha value is -2.14. The van der Waals surface area contributed by atoms with Crippen molar-refractivity contribution in [3.8, 4) is 5.75 Å². The third-order valence-corrected chi connectivity index (χ3v) is 3.23. The van der Waals surface area contributed by atoms with Crippen LogP contribution in [0, 0.1) is 6.92 Å². The Bertz CT molecular complexity index is 683. The Labute approximate surface area is 124 Å². The molecule has 0 aliphatic heterocycles. The van der Waals surface area contributed by atoms with Gasteiger partial charge in [-0.2, -0.15) is 0 Å². The van der Waals surface area contributed by atoms with Crippen LogP contribution in [0.3, 0.4) is 0 Å². The quantitative estimate of drug-likeness (QED) is 0.693. The molecule has 20 heavy (non-hydrogen) atoms. The maximum Gasteiger partial charge on any atom is 0.343 e. The second-order valence-corrected chi connectivity index (χ2v) is 5.16. The summed E-state index contributed by atoms with van der Waals surface area (Å²) in [5.41, 5.74) is 6.75. The number of amides is 1. The highest BCUT2D eigenvalue weighted by Gasteiger charge is 2.12. The third kappa shape index (κ3) is 3.24. The summed E-state index contributed by atoms with van der Waals surface area (Å²) in [6.07, 6.45) is 0. The second kappa shape index (κ2) is 5.88. The number of hydrogen-bond acceptors (Lipinski definition) is 3. The summed E-state index contributed by atoms with van der Waals surface area (Å²) in [5, 5.41) is 0. The van der Waals surface area contributed by atoms with Gasteiger partial charge in [-0.3, -0.25) is 4.79 Å². The second-order valence-electron chi connectivity index (χ2n) is 4.24. The molecule has 2 aromatic carbocycles. The van der Waals surface area contributed by atoms with Gasteiger partial charge in [-0.15, -0.1) is 0 Å². The first-order valence-electron chi connectivity index (χ1n) is 5.85. The number of carbonyl (C=O) groups is 2. The number of aryl methyl sites for hydroxylation is 1. The third-order valence-electron chi connectivity index (χ3n) is 2.74. The first kappa shape index (κ1) is 14.3. The first-order valence-corrected chi connectivity index (χ1v) is 6.65. The fourth-order valence-corrected chi connectivity index (χ4v) is 2.21. The van der Waals surface area contributed by atoms with E-state index in [0.29, 0.717) is 11.1 Å². The molecule has 5 heteroatoms. The normalized spacial score (nSPS) is 10.1. The molecule has 2 N–H and O–H groups in total. The number of ether oxygens (including phenoxy) is 1. The molecule has 0 saturated carbocycles. The van der Waals surface area contributed by atoms with E-state index in [1.165, 1.54) is 6.07 Å². The van der Waals surface area contributed by atoms with E-state index in [1.807, 2.05) is 13.0 Å². The molecule has 4 nitrogen and oxygen atoms in total. The zero-order valence-electron chi connectivity index (χ0n) is 10.7. The molecule has 0 aliphatic rings. The average molecular weight is 334 g/mol. The maximum absolute atomic E-state index is 12.1. The number of rotatable bonds is 3. The number of nitrogens with two attached hydrogens (primary N) is 1. The lowest BCUT2D eigenvalue weighted by atomic mass is 10.1. The van der Waals surface area contributed by atoms with E-state index in [0.717, 1.165) is 10.0 Å². The van der Waals surface area contributed by atoms with Crippen molar-refractivity contribution in [1.82, 2.24) is 0 Å². The predicted molar refractivity (Wildman–Crippen MR) is 78.8 cm³/mol. The van der Waals surface area contributed by atoms with Crippen LogP contribution in [-0.4, -0.2) is 11.9 Å². The highest BCUT2D eigenvalue weighted by molar-refractivity contribution is 9.10. The molecule has 1 amide bonds. The fraction of sp³-hybridized carbons (Fsp3) is 0.0667. The minimum atomic E-state index is -0.567. The summed E-state index contributed by atoms with van der Waals surface area (Å²) < 4.78 is 6.14. The van der Waals surface area contributed by atoms with Gasteiger partial charge in [0.15, 0.2) is 0 Å². The Morgan fingerprint density at radius 3 is 2.55 bits per heavy atom. The van der Waals surface area contributed by atoms with Crippen LogP contribution >= 0.6 is 15.9 Å². The smallest absolute Gasteiger partial charge is 0.343 e. The minimum Gasteiger partial charge on any atom is -0.423 e. The van der Waals surface area contributed by atoms with Crippen molar-refractivity contribution in [2.45, 2.75) is 6.92 Å². The van der Waals surface area contributed by atoms with Crippen LogP contribution in [0.5, 0.6) is 5.75 Å². The Balaban J connectivity index is 2.23. The number of halogens is 1. The molecule has 0 fully saturated rings. The molecule has 0 aromatic heterocycles. The van der Waals surface area contributed by atoms with E-state index in [4.69, 9.17) is 10.5 Å². The van der Waals surface area contributed by atoms with Crippen molar-refractivity contribution in [1.29, 1.82) is 0 Å². The van der Waals surface area contributed by atoms with E-state index in [9.17, 15) is 9.59 Å². The lowest BCUT2D eigenvalue weighted by molar-refractivity contribution is 0.0733. The lowest BCUT2D eigenvalue weighted by Crippen LogP contribution is -2.13. The largest absolute Gasteiger partial charge is 0.423 e. The number of benzene rings is 2. The molecule has 0 spiro atoms. The molecule has 2 aromatic rings. The Morgan fingerprint density at radius 2 is 1.90 bits per heavy atom. The minimum absolute atomic E-state index is 0.286. The van der Waals surface area contributed by atoms with E-state index in [-0.39, 0.29) is 5.75 Å². The van der Waals surface area contributed by atoms with Gasteiger partial charge in [0.1, 0.15) is 5.75 Å². The van der Waals surface area contributed by atoms with Gasteiger partial charge in [0.2, 0.25) is 5.91 Å². The van der Waals surface area contributed by atoms with Crippen molar-refractivity contribution in [2.24, 2.45) is 5.73 Å². The molecule has 0 radical (unpaired) electrons. The van der Waals surface area contributed by atoms with Crippen molar-refractivity contribution < 1.29 is 14.3 Å². The Morgan fingerprint density at radius 1 is 1.15 bits per heavy atom. The fourth-order valence-electron chi connectivity index (χ4n) is 1.73. The number of carbonyl (C=O) groups excluding carboxylic acids is 2. The monoisotopic (exact) mass is 333 g/mol. The molecule has 102 valence electrons. The van der Waals surface area contributed by atoms with Gasteiger partial charge in [0, 0.05) is 10.0 Å². The van der Waals surface area contributed by atoms with Crippen LogP contribution < -0.4 is 10.5 Å². The summed E-state index contributed by atoms with van der Waals surface area (Å²) >= 11 is 3.33. The zero-order chi connectivity index (χ0) is 14.7. The van der Waals surface area contributed by atoms with E-state index in [1.54, 1.807) is 30.3 Å². The summed E-state index contributed by atoms with van der Waals surface area (Å²) in [6, 6.07) is 11.5. The molecular weight excluding hydrogens is 322 g/mol. The molecule has 0 heterocycles. The van der Waals surface area contributed by atoms with Gasteiger partial charge in [-0.05, 0) is 48.9 Å². The van der Waals surface area contributed by atoms with Gasteiger partial charge in [-0.25, -0.2) is 4.79 Å². The highest BCUT2D eigenvalue weighted by atomic mass is 79.9. The summed E-state index contributed by atoms with van der Waals surface area (Å²) in [5.74, 6) is -0.757. The lowest BCUT2D eigenvalue weighted by Gasteiger charge is -2.07. The van der Waals surface area contributed by atoms with Crippen molar-refractivity contribution >= 4 is 27.8 Å². The number of primary amides is 1. The van der Waals surface area contributed by atoms with Crippen LogP contribution in [0.4, 0.5) is 0 Å². The summed E-state index contributed by atoms with van der Waals surface area (Å²) in [7, 11) is 0. The van der Waals surface area contributed by atoms with Gasteiger partial charge >= 0.3 is 5.97 Å². The van der Waals surface area contributed by atoms with E-state index >= 15 is 0 Å². The van der Waals surface area contributed by atoms with Crippen LogP contribution in [0.2, 0.25) is 0 Å². The van der Waals surface area contributed by atoms with Gasteiger partial charge < -0.3 is 10.5 Å². The molecule has 0 atom stereocenters. The average Bonchev–Trinajstić information content (AvgIpc) is 2.38. The van der Waals surface area contributed by atoms with Crippen molar-refractivity contribution in [3.63, 3.8) is 0 Å². The predicted octanol–water partition coefficient (Wildman–Crippen LogP) is 3.08. The SMILES string of the molecule is Cc1cc(Br)ccc1C(=O)Oc1cccc(C(N)=O)c1. The van der Waals surface area contributed by atoms with E-state index in [2.05, 4.69) is 15.9 Å². The van der Waals surface area contributed by atoms with Crippen molar-refractivity contribution in [2.75, 3.05) is 0 Å². The number of hydrogen-bond donors (Lipinski definition) is 1.